The Hall–Kier alpha value is -1.53. The molecule has 0 aromatic carbocycles. The van der Waals surface area contributed by atoms with Gasteiger partial charge in [-0.05, 0) is 51.1 Å². The first kappa shape index (κ1) is 19.8. The van der Waals surface area contributed by atoms with Gasteiger partial charge in [0.05, 0.1) is 11.6 Å². The van der Waals surface area contributed by atoms with Crippen LogP contribution >= 0.6 is 0 Å². The van der Waals surface area contributed by atoms with Crippen molar-refractivity contribution in [2.75, 3.05) is 26.2 Å². The lowest BCUT2D eigenvalue weighted by molar-refractivity contribution is -0.127. The summed E-state index contributed by atoms with van der Waals surface area (Å²) in [6.45, 7) is 9.53. The lowest BCUT2D eigenvalue weighted by atomic mass is 9.93. The summed E-state index contributed by atoms with van der Waals surface area (Å²) in [4.78, 5) is 26.7. The highest BCUT2D eigenvalue weighted by molar-refractivity contribution is 5.79. The smallest absolute Gasteiger partial charge is 0.224 e. The van der Waals surface area contributed by atoms with Gasteiger partial charge in [0, 0.05) is 50.4 Å². The van der Waals surface area contributed by atoms with Crippen LogP contribution in [0.25, 0.3) is 0 Å². The molecular formula is C22H35N5O. The molecule has 3 aliphatic rings. The maximum Gasteiger partial charge on any atom is 0.224 e. The number of nitrogens with zero attached hydrogens (tertiary/aromatic N) is 4. The van der Waals surface area contributed by atoms with Crippen molar-refractivity contribution in [2.45, 2.75) is 76.9 Å². The molecule has 6 heteroatoms. The summed E-state index contributed by atoms with van der Waals surface area (Å²) < 4.78 is 0. The maximum atomic E-state index is 12.4. The summed E-state index contributed by atoms with van der Waals surface area (Å²) in [7, 11) is 0. The van der Waals surface area contributed by atoms with Crippen LogP contribution in [0.15, 0.2) is 12.3 Å². The van der Waals surface area contributed by atoms with Gasteiger partial charge in [0.15, 0.2) is 0 Å². The number of nitrogens with one attached hydrogen (secondary N) is 1. The lowest BCUT2D eigenvalue weighted by Gasteiger charge is -2.42. The van der Waals surface area contributed by atoms with Crippen LogP contribution in [0, 0.1) is 5.92 Å². The quantitative estimate of drug-likeness (QED) is 0.815. The van der Waals surface area contributed by atoms with E-state index in [0.29, 0.717) is 23.9 Å². The number of hydrogen-bond donors (Lipinski definition) is 1. The zero-order valence-electron chi connectivity index (χ0n) is 17.4. The van der Waals surface area contributed by atoms with Gasteiger partial charge in [0.25, 0.3) is 0 Å². The Morgan fingerprint density at radius 2 is 1.96 bits per heavy atom. The van der Waals surface area contributed by atoms with Gasteiger partial charge in [0.2, 0.25) is 5.91 Å². The van der Waals surface area contributed by atoms with Crippen molar-refractivity contribution >= 4 is 5.91 Å². The van der Waals surface area contributed by atoms with E-state index in [2.05, 4.69) is 33.9 Å². The maximum absolute atomic E-state index is 12.4. The van der Waals surface area contributed by atoms with Gasteiger partial charge in [-0.15, -0.1) is 0 Å². The molecule has 0 bridgehead atoms. The van der Waals surface area contributed by atoms with Gasteiger partial charge in [-0.1, -0.05) is 13.8 Å². The van der Waals surface area contributed by atoms with Gasteiger partial charge in [-0.2, -0.15) is 0 Å². The summed E-state index contributed by atoms with van der Waals surface area (Å²) in [5, 5.41) is 3.21. The summed E-state index contributed by atoms with van der Waals surface area (Å²) in [5.41, 5.74) is 1.13. The van der Waals surface area contributed by atoms with Crippen LogP contribution in [0.3, 0.4) is 0 Å². The third-order valence-corrected chi connectivity index (χ3v) is 6.45. The minimum Gasteiger partial charge on any atom is -0.353 e. The van der Waals surface area contributed by atoms with Gasteiger partial charge in [-0.25, -0.2) is 9.97 Å². The molecule has 28 heavy (non-hydrogen) atoms. The average Bonchev–Trinajstić information content (AvgIpc) is 3.53. The highest BCUT2D eigenvalue weighted by Gasteiger charge is 2.33. The second-order valence-corrected chi connectivity index (χ2v) is 9.19. The molecule has 154 valence electrons. The number of carbonyl (C=O) groups is 1. The van der Waals surface area contributed by atoms with E-state index < -0.39 is 0 Å². The molecule has 1 saturated carbocycles. The number of hydrogen-bond acceptors (Lipinski definition) is 5. The third-order valence-electron chi connectivity index (χ3n) is 6.45. The Kier molecular flexibility index (Phi) is 6.26. The molecule has 0 unspecified atom stereocenters. The molecule has 2 aliphatic heterocycles. The van der Waals surface area contributed by atoms with Gasteiger partial charge >= 0.3 is 0 Å². The fourth-order valence-electron chi connectivity index (χ4n) is 4.55. The number of likely N-dealkylation sites (tertiary alicyclic amines) is 2. The SMILES string of the molecule is CC(C)c1nccc(CN2CCC(N3CCC[C@@H](C(=O)NC4CC4)C3)CC2)n1. The first-order chi connectivity index (χ1) is 13.6. The van der Waals surface area contributed by atoms with E-state index >= 15 is 0 Å². The molecular weight excluding hydrogens is 350 g/mol. The van der Waals surface area contributed by atoms with Crippen LogP contribution in [0.1, 0.15) is 69.8 Å². The molecule has 2 saturated heterocycles. The van der Waals surface area contributed by atoms with Crippen molar-refractivity contribution < 1.29 is 4.79 Å². The molecule has 1 amide bonds. The van der Waals surface area contributed by atoms with E-state index in [0.717, 1.165) is 57.1 Å². The van der Waals surface area contributed by atoms with Gasteiger partial charge in [-0.3, -0.25) is 14.6 Å². The molecule has 3 heterocycles. The molecule has 0 spiro atoms. The number of piperidine rings is 2. The average molecular weight is 386 g/mol. The van der Waals surface area contributed by atoms with Gasteiger partial charge < -0.3 is 5.32 Å². The van der Waals surface area contributed by atoms with Crippen molar-refractivity contribution in [2.24, 2.45) is 5.92 Å². The van der Waals surface area contributed by atoms with E-state index in [1.54, 1.807) is 0 Å². The molecule has 1 atom stereocenters. The van der Waals surface area contributed by atoms with E-state index in [1.165, 1.54) is 25.7 Å². The van der Waals surface area contributed by atoms with E-state index in [9.17, 15) is 4.79 Å². The predicted molar refractivity (Wildman–Crippen MR) is 110 cm³/mol. The van der Waals surface area contributed by atoms with Crippen LogP contribution in [-0.2, 0) is 11.3 Å². The third kappa shape index (κ3) is 5.09. The fourth-order valence-corrected chi connectivity index (χ4v) is 4.55. The number of aromatic nitrogens is 2. The first-order valence-corrected chi connectivity index (χ1v) is 11.2. The minimum atomic E-state index is 0.197. The van der Waals surface area contributed by atoms with Crippen molar-refractivity contribution in [1.29, 1.82) is 0 Å². The first-order valence-electron chi connectivity index (χ1n) is 11.2. The van der Waals surface area contributed by atoms with E-state index in [1.807, 2.05) is 12.3 Å². The molecule has 3 fully saturated rings. The van der Waals surface area contributed by atoms with Crippen LogP contribution in [0.5, 0.6) is 0 Å². The number of carbonyl (C=O) groups excluding carboxylic acids is 1. The van der Waals surface area contributed by atoms with Crippen LogP contribution in [-0.4, -0.2) is 63.9 Å². The Morgan fingerprint density at radius 1 is 1.18 bits per heavy atom. The van der Waals surface area contributed by atoms with Crippen LogP contribution < -0.4 is 5.32 Å². The summed E-state index contributed by atoms with van der Waals surface area (Å²) in [6, 6.07) is 3.15. The molecule has 1 N–H and O–H groups in total. The molecule has 4 rings (SSSR count). The Labute approximate surface area is 169 Å². The Balaban J connectivity index is 1.25. The second-order valence-electron chi connectivity index (χ2n) is 9.19. The highest BCUT2D eigenvalue weighted by atomic mass is 16.2. The van der Waals surface area contributed by atoms with E-state index in [4.69, 9.17) is 4.98 Å². The van der Waals surface area contributed by atoms with Crippen molar-refractivity contribution in [3.63, 3.8) is 0 Å². The topological polar surface area (TPSA) is 61.4 Å². The van der Waals surface area contributed by atoms with Crippen LogP contribution in [0.4, 0.5) is 0 Å². The van der Waals surface area contributed by atoms with Crippen molar-refractivity contribution in [3.8, 4) is 0 Å². The fraction of sp³-hybridized carbons (Fsp3) is 0.773. The zero-order valence-corrected chi connectivity index (χ0v) is 17.4. The normalized spacial score (nSPS) is 25.2. The Bertz CT molecular complexity index is 667. The minimum absolute atomic E-state index is 0.197. The number of rotatable bonds is 6. The Morgan fingerprint density at radius 3 is 2.68 bits per heavy atom. The molecule has 1 aromatic rings. The number of amides is 1. The summed E-state index contributed by atoms with van der Waals surface area (Å²) >= 11 is 0. The monoisotopic (exact) mass is 385 g/mol. The summed E-state index contributed by atoms with van der Waals surface area (Å²) in [6.07, 6.45) is 8.84. The van der Waals surface area contributed by atoms with Crippen LogP contribution in [0.2, 0.25) is 0 Å². The van der Waals surface area contributed by atoms with Crippen molar-refractivity contribution in [3.05, 3.63) is 23.8 Å². The largest absolute Gasteiger partial charge is 0.353 e. The standard InChI is InChI=1S/C22H35N5O/c1-16(2)21-23-10-7-19(24-21)15-26-12-8-20(9-13-26)27-11-3-4-17(14-27)22(28)25-18-5-6-18/h7,10,16-18,20H,3-6,8-9,11-15H2,1-2H3,(H,25,28)/t17-/m1/s1. The molecule has 0 radical (unpaired) electrons. The zero-order chi connectivity index (χ0) is 19.5. The lowest BCUT2D eigenvalue weighted by Crippen LogP contribution is -2.50. The molecule has 6 nitrogen and oxygen atoms in total. The predicted octanol–water partition coefficient (Wildman–Crippen LogP) is 2.56. The van der Waals surface area contributed by atoms with E-state index in [-0.39, 0.29) is 5.92 Å². The highest BCUT2D eigenvalue weighted by Crippen LogP contribution is 2.26. The van der Waals surface area contributed by atoms with Crippen molar-refractivity contribution in [1.82, 2.24) is 25.1 Å². The van der Waals surface area contributed by atoms with Gasteiger partial charge in [0.1, 0.15) is 5.82 Å². The summed E-state index contributed by atoms with van der Waals surface area (Å²) in [5.74, 6) is 1.81. The molecule has 1 aliphatic carbocycles. The molecule has 1 aromatic heterocycles. The second kappa shape index (κ2) is 8.87.